The molecule has 0 bridgehead atoms. The largest absolute Gasteiger partial charge is 0.338 e. The van der Waals surface area contributed by atoms with Gasteiger partial charge in [0.1, 0.15) is 5.65 Å². The number of halogens is 2. The number of carbonyl (C=O) groups excluding carboxylic acids is 1. The molecule has 8 nitrogen and oxygen atoms in total. The van der Waals surface area contributed by atoms with E-state index in [9.17, 15) is 14.4 Å². The molecule has 0 spiro atoms. The number of amides is 1. The molecule has 1 saturated heterocycles. The van der Waals surface area contributed by atoms with Crippen molar-refractivity contribution in [2.24, 2.45) is 25.2 Å². The summed E-state index contributed by atoms with van der Waals surface area (Å²) < 4.78 is 2.31. The van der Waals surface area contributed by atoms with Crippen molar-refractivity contribution in [3.8, 4) is 0 Å². The topological polar surface area (TPSA) is 103 Å². The molecule has 2 N–H and O–H groups in total. The number of nitrogens with two attached hydrogens (primary N) is 1. The average molecular weight is 418 g/mol. The molecule has 1 unspecified atom stereocenters. The van der Waals surface area contributed by atoms with Gasteiger partial charge in [-0.15, -0.1) is 24.8 Å². The number of hydrogen-bond donors (Lipinski definition) is 1. The van der Waals surface area contributed by atoms with Gasteiger partial charge in [-0.2, -0.15) is 0 Å². The molecule has 2 aromatic rings. The third-order valence-corrected chi connectivity index (χ3v) is 5.14. The Morgan fingerprint density at radius 3 is 2.44 bits per heavy atom. The monoisotopic (exact) mass is 417 g/mol. The van der Waals surface area contributed by atoms with Crippen LogP contribution in [0.5, 0.6) is 0 Å². The van der Waals surface area contributed by atoms with Gasteiger partial charge in [0, 0.05) is 39.4 Å². The van der Waals surface area contributed by atoms with E-state index in [-0.39, 0.29) is 53.2 Å². The third-order valence-electron chi connectivity index (χ3n) is 5.14. The minimum atomic E-state index is -0.457. The summed E-state index contributed by atoms with van der Waals surface area (Å²) in [5.74, 6) is -0.176. The molecule has 2 aromatic heterocycles. The van der Waals surface area contributed by atoms with Crippen LogP contribution >= 0.6 is 24.8 Å². The van der Waals surface area contributed by atoms with Crippen LogP contribution in [0.3, 0.4) is 0 Å². The van der Waals surface area contributed by atoms with E-state index in [2.05, 4.69) is 4.98 Å². The molecule has 0 aromatic carbocycles. The van der Waals surface area contributed by atoms with Crippen molar-refractivity contribution in [2.45, 2.75) is 26.3 Å². The van der Waals surface area contributed by atoms with Crippen LogP contribution in [0.4, 0.5) is 0 Å². The Hall–Kier alpha value is -1.90. The Morgan fingerprint density at radius 1 is 1.22 bits per heavy atom. The summed E-state index contributed by atoms with van der Waals surface area (Å²) in [6, 6.07) is 1.57. The Kier molecular flexibility index (Phi) is 6.85. The zero-order valence-electron chi connectivity index (χ0n) is 15.8. The van der Waals surface area contributed by atoms with Gasteiger partial charge in [-0.3, -0.25) is 18.7 Å². The fourth-order valence-corrected chi connectivity index (χ4v) is 3.31. The van der Waals surface area contributed by atoms with E-state index in [1.807, 2.05) is 13.8 Å². The lowest BCUT2D eigenvalue weighted by atomic mass is 9.79. The molecule has 27 heavy (non-hydrogen) atoms. The van der Waals surface area contributed by atoms with Crippen LogP contribution in [0.15, 0.2) is 21.9 Å². The Balaban J connectivity index is 0.00000182. The SMILES string of the molecule is Cl.Cl.Cn1c(=O)c2cc(C(=O)N3CCC(N)C(C)(C)C3)cnc2n(C)c1=O. The van der Waals surface area contributed by atoms with Crippen molar-refractivity contribution in [3.05, 3.63) is 38.7 Å². The number of pyridine rings is 1. The lowest BCUT2D eigenvalue weighted by Crippen LogP contribution is -2.54. The lowest BCUT2D eigenvalue weighted by Gasteiger charge is -2.42. The van der Waals surface area contributed by atoms with E-state index >= 15 is 0 Å². The predicted molar refractivity (Wildman–Crippen MR) is 109 cm³/mol. The standard InChI is InChI=1S/C17H23N5O3.2ClH/c1-17(2)9-22(6-5-12(17)18)14(23)10-7-11-13(19-8-10)20(3)16(25)21(4)15(11)24;;/h7-8,12H,5-6,9,18H2,1-4H3;2*1H. The van der Waals surface area contributed by atoms with Crippen LogP contribution in [0.2, 0.25) is 0 Å². The van der Waals surface area contributed by atoms with Crippen LogP contribution in [0.1, 0.15) is 30.6 Å². The summed E-state index contributed by atoms with van der Waals surface area (Å²) in [6.45, 7) is 5.21. The van der Waals surface area contributed by atoms with E-state index in [1.165, 1.54) is 23.9 Å². The number of piperidine rings is 1. The molecule has 10 heteroatoms. The van der Waals surface area contributed by atoms with Gasteiger partial charge in [-0.1, -0.05) is 13.8 Å². The number of rotatable bonds is 1. The summed E-state index contributed by atoms with van der Waals surface area (Å²) in [4.78, 5) is 43.1. The summed E-state index contributed by atoms with van der Waals surface area (Å²) in [6.07, 6.45) is 2.15. The van der Waals surface area contributed by atoms with Gasteiger partial charge < -0.3 is 10.6 Å². The molecule has 1 atom stereocenters. The molecule has 3 heterocycles. The summed E-state index contributed by atoms with van der Waals surface area (Å²) >= 11 is 0. The van der Waals surface area contributed by atoms with Crippen molar-refractivity contribution in [1.29, 1.82) is 0 Å². The quantitative estimate of drug-likeness (QED) is 0.734. The van der Waals surface area contributed by atoms with E-state index in [4.69, 9.17) is 5.73 Å². The Morgan fingerprint density at radius 2 is 1.85 bits per heavy atom. The average Bonchev–Trinajstić information content (AvgIpc) is 2.59. The predicted octanol–water partition coefficient (Wildman–Crippen LogP) is 0.675. The number of nitrogens with zero attached hydrogens (tertiary/aromatic N) is 4. The zero-order valence-corrected chi connectivity index (χ0v) is 17.4. The van der Waals surface area contributed by atoms with Gasteiger partial charge in [0.15, 0.2) is 0 Å². The first-order chi connectivity index (χ1) is 11.6. The molecule has 3 rings (SSSR count). The highest BCUT2D eigenvalue weighted by atomic mass is 35.5. The second-order valence-electron chi connectivity index (χ2n) is 7.41. The fourth-order valence-electron chi connectivity index (χ4n) is 3.31. The lowest BCUT2D eigenvalue weighted by molar-refractivity contribution is 0.0533. The van der Waals surface area contributed by atoms with Crippen LogP contribution in [0, 0.1) is 5.41 Å². The highest BCUT2D eigenvalue weighted by Crippen LogP contribution is 2.28. The van der Waals surface area contributed by atoms with Gasteiger partial charge in [-0.25, -0.2) is 9.78 Å². The number of aryl methyl sites for hydroxylation is 1. The summed E-state index contributed by atoms with van der Waals surface area (Å²) in [7, 11) is 2.96. The number of hydrogen-bond acceptors (Lipinski definition) is 5. The highest BCUT2D eigenvalue weighted by Gasteiger charge is 2.35. The maximum atomic E-state index is 12.9. The van der Waals surface area contributed by atoms with E-state index in [0.717, 1.165) is 11.0 Å². The number of carbonyl (C=O) groups is 1. The molecule has 0 radical (unpaired) electrons. The molecule has 1 aliphatic heterocycles. The number of fused-ring (bicyclic) bond motifs is 1. The van der Waals surface area contributed by atoms with Gasteiger partial charge in [-0.05, 0) is 17.9 Å². The Bertz CT molecular complexity index is 983. The number of likely N-dealkylation sites (tertiary alicyclic amines) is 1. The summed E-state index contributed by atoms with van der Waals surface area (Å²) in [5, 5.41) is 0.253. The first-order valence-corrected chi connectivity index (χ1v) is 8.24. The Labute approximate surface area is 169 Å². The van der Waals surface area contributed by atoms with Crippen LogP contribution < -0.4 is 17.0 Å². The van der Waals surface area contributed by atoms with Crippen molar-refractivity contribution in [3.63, 3.8) is 0 Å². The first kappa shape index (κ1) is 23.1. The van der Waals surface area contributed by atoms with Crippen LogP contribution in [0.25, 0.3) is 11.0 Å². The first-order valence-electron chi connectivity index (χ1n) is 8.24. The molecule has 0 saturated carbocycles. The number of aromatic nitrogens is 3. The van der Waals surface area contributed by atoms with E-state index < -0.39 is 11.2 Å². The molecule has 0 aliphatic carbocycles. The van der Waals surface area contributed by atoms with Gasteiger partial charge in [0.2, 0.25) is 0 Å². The molecule has 1 fully saturated rings. The minimum absolute atomic E-state index is 0. The van der Waals surface area contributed by atoms with E-state index in [1.54, 1.807) is 11.9 Å². The van der Waals surface area contributed by atoms with Crippen molar-refractivity contribution >= 4 is 41.8 Å². The summed E-state index contributed by atoms with van der Waals surface area (Å²) in [5.41, 5.74) is 5.67. The molecule has 1 aliphatic rings. The van der Waals surface area contributed by atoms with Crippen LogP contribution in [-0.4, -0.2) is 44.1 Å². The van der Waals surface area contributed by atoms with Crippen LogP contribution in [-0.2, 0) is 14.1 Å². The molecular weight excluding hydrogens is 393 g/mol. The normalized spacial score (nSPS) is 18.6. The fraction of sp³-hybridized carbons (Fsp3) is 0.529. The maximum Gasteiger partial charge on any atom is 0.332 e. The van der Waals surface area contributed by atoms with Crippen molar-refractivity contribution < 1.29 is 4.79 Å². The third kappa shape index (κ3) is 3.88. The maximum absolute atomic E-state index is 12.9. The molecule has 1 amide bonds. The zero-order chi connectivity index (χ0) is 18.5. The smallest absolute Gasteiger partial charge is 0.332 e. The van der Waals surface area contributed by atoms with Crippen molar-refractivity contribution in [1.82, 2.24) is 19.0 Å². The second-order valence-corrected chi connectivity index (χ2v) is 7.41. The minimum Gasteiger partial charge on any atom is -0.338 e. The van der Waals surface area contributed by atoms with Gasteiger partial charge in [0.05, 0.1) is 10.9 Å². The van der Waals surface area contributed by atoms with Crippen molar-refractivity contribution in [2.75, 3.05) is 13.1 Å². The van der Waals surface area contributed by atoms with E-state index in [0.29, 0.717) is 18.7 Å². The highest BCUT2D eigenvalue weighted by molar-refractivity contribution is 5.96. The molecular formula is C17H25Cl2N5O3. The van der Waals surface area contributed by atoms with Gasteiger partial charge in [0.25, 0.3) is 11.5 Å². The molecule has 150 valence electrons. The second kappa shape index (κ2) is 8.00. The van der Waals surface area contributed by atoms with Gasteiger partial charge >= 0.3 is 5.69 Å².